The van der Waals surface area contributed by atoms with Gasteiger partial charge in [-0.25, -0.2) is 0 Å². The molecule has 5 heteroatoms. The third-order valence-corrected chi connectivity index (χ3v) is 6.32. The Morgan fingerprint density at radius 1 is 1.04 bits per heavy atom. The summed E-state index contributed by atoms with van der Waals surface area (Å²) in [6.07, 6.45) is 8.22. The number of rotatable bonds is 5. The van der Waals surface area contributed by atoms with E-state index in [0.29, 0.717) is 29.5 Å². The Balaban J connectivity index is 1.65. The summed E-state index contributed by atoms with van der Waals surface area (Å²) in [5.74, 6) is 0.921. The van der Waals surface area contributed by atoms with E-state index in [1.165, 1.54) is 6.42 Å². The minimum absolute atomic E-state index is 0.0265. The quantitative estimate of drug-likeness (QED) is 0.726. The third-order valence-electron chi connectivity index (χ3n) is 6.07. The lowest BCUT2D eigenvalue weighted by atomic mass is 9.93. The summed E-state index contributed by atoms with van der Waals surface area (Å²) >= 11 is 5.97. The van der Waals surface area contributed by atoms with Crippen molar-refractivity contribution in [2.45, 2.75) is 64.3 Å². The second kappa shape index (κ2) is 9.59. The van der Waals surface area contributed by atoms with E-state index in [9.17, 15) is 9.59 Å². The first-order valence-corrected chi connectivity index (χ1v) is 10.8. The van der Waals surface area contributed by atoms with Crippen LogP contribution in [-0.4, -0.2) is 47.3 Å². The molecule has 0 spiro atoms. The first-order valence-electron chi connectivity index (χ1n) is 10.4. The van der Waals surface area contributed by atoms with Crippen molar-refractivity contribution in [1.29, 1.82) is 0 Å². The molecule has 27 heavy (non-hydrogen) atoms. The number of amides is 2. The predicted molar refractivity (Wildman–Crippen MR) is 109 cm³/mol. The molecular weight excluding hydrogens is 360 g/mol. The molecule has 2 fully saturated rings. The molecule has 1 aromatic rings. The van der Waals surface area contributed by atoms with Gasteiger partial charge >= 0.3 is 0 Å². The summed E-state index contributed by atoms with van der Waals surface area (Å²) in [6.45, 7) is 4.47. The summed E-state index contributed by atoms with van der Waals surface area (Å²) < 4.78 is 0. The number of carbonyl (C=O) groups is 2. The molecule has 0 atom stereocenters. The third kappa shape index (κ3) is 5.47. The van der Waals surface area contributed by atoms with Crippen LogP contribution in [0.1, 0.15) is 68.6 Å². The van der Waals surface area contributed by atoms with Crippen molar-refractivity contribution in [1.82, 2.24) is 9.80 Å². The Kier molecular flexibility index (Phi) is 7.17. The van der Waals surface area contributed by atoms with Crippen molar-refractivity contribution in [2.24, 2.45) is 5.92 Å². The Morgan fingerprint density at radius 3 is 2.30 bits per heavy atom. The molecule has 1 saturated carbocycles. The van der Waals surface area contributed by atoms with E-state index >= 15 is 0 Å². The van der Waals surface area contributed by atoms with Gasteiger partial charge in [0.25, 0.3) is 5.91 Å². The van der Waals surface area contributed by atoms with E-state index in [1.807, 2.05) is 9.80 Å². The average molecular weight is 391 g/mol. The Labute approximate surface area is 167 Å². The highest BCUT2D eigenvalue weighted by Crippen LogP contribution is 2.25. The summed E-state index contributed by atoms with van der Waals surface area (Å²) in [7, 11) is 0. The lowest BCUT2D eigenvalue weighted by Gasteiger charge is -2.35. The van der Waals surface area contributed by atoms with Crippen LogP contribution in [-0.2, 0) is 4.79 Å². The molecule has 1 aliphatic heterocycles. The van der Waals surface area contributed by atoms with Crippen LogP contribution < -0.4 is 0 Å². The minimum atomic E-state index is 0.0265. The highest BCUT2D eigenvalue weighted by atomic mass is 35.5. The minimum Gasteiger partial charge on any atom is -0.343 e. The largest absolute Gasteiger partial charge is 0.343 e. The smallest absolute Gasteiger partial charge is 0.254 e. The molecule has 0 aromatic heterocycles. The van der Waals surface area contributed by atoms with Gasteiger partial charge in [-0.1, -0.05) is 37.8 Å². The van der Waals surface area contributed by atoms with Gasteiger partial charge in [0.2, 0.25) is 5.91 Å². The number of benzene rings is 1. The van der Waals surface area contributed by atoms with Crippen LogP contribution in [0.2, 0.25) is 5.02 Å². The molecule has 1 heterocycles. The SMILES string of the molecule is CC1CCN(C(=O)CCN(C(=O)c2ccc(Cl)cc2)C2CCCCC2)CC1. The Morgan fingerprint density at radius 2 is 1.67 bits per heavy atom. The maximum absolute atomic E-state index is 13.1. The first kappa shape index (κ1) is 20.2. The zero-order valence-electron chi connectivity index (χ0n) is 16.3. The van der Waals surface area contributed by atoms with Crippen molar-refractivity contribution < 1.29 is 9.59 Å². The molecule has 0 bridgehead atoms. The molecular formula is C22H31ClN2O2. The summed E-state index contributed by atoms with van der Waals surface area (Å²) in [5.41, 5.74) is 0.657. The molecule has 3 rings (SSSR count). The number of likely N-dealkylation sites (tertiary alicyclic amines) is 1. The number of piperidine rings is 1. The van der Waals surface area contributed by atoms with Gasteiger partial charge in [0.1, 0.15) is 0 Å². The summed E-state index contributed by atoms with van der Waals surface area (Å²) in [6, 6.07) is 7.33. The van der Waals surface area contributed by atoms with Gasteiger partial charge in [0.05, 0.1) is 0 Å². The Bertz CT molecular complexity index is 632. The van der Waals surface area contributed by atoms with E-state index in [2.05, 4.69) is 6.92 Å². The first-order chi connectivity index (χ1) is 13.0. The van der Waals surface area contributed by atoms with E-state index < -0.39 is 0 Å². The fourth-order valence-corrected chi connectivity index (χ4v) is 4.36. The standard InChI is InChI=1S/C22H31ClN2O2/c1-17-11-14-24(15-12-17)21(26)13-16-25(20-5-3-2-4-6-20)22(27)18-7-9-19(23)10-8-18/h7-10,17,20H,2-6,11-16H2,1H3. The molecule has 148 valence electrons. The number of hydrogen-bond acceptors (Lipinski definition) is 2. The highest BCUT2D eigenvalue weighted by molar-refractivity contribution is 6.30. The predicted octanol–water partition coefficient (Wildman–Crippen LogP) is 4.76. The molecule has 0 N–H and O–H groups in total. The lowest BCUT2D eigenvalue weighted by Crippen LogP contribution is -2.45. The molecule has 2 aliphatic rings. The van der Waals surface area contributed by atoms with Crippen LogP contribution in [0.3, 0.4) is 0 Å². The second-order valence-electron chi connectivity index (χ2n) is 8.11. The van der Waals surface area contributed by atoms with E-state index in [1.54, 1.807) is 24.3 Å². The van der Waals surface area contributed by atoms with E-state index in [4.69, 9.17) is 11.6 Å². The average Bonchev–Trinajstić information content (AvgIpc) is 2.69. The molecule has 1 aromatic carbocycles. The molecule has 1 saturated heterocycles. The number of hydrogen-bond donors (Lipinski definition) is 0. The van der Waals surface area contributed by atoms with Crippen LogP contribution in [0.5, 0.6) is 0 Å². The van der Waals surface area contributed by atoms with Gasteiger partial charge in [-0.05, 0) is 55.9 Å². The molecule has 4 nitrogen and oxygen atoms in total. The maximum Gasteiger partial charge on any atom is 0.254 e. The van der Waals surface area contributed by atoms with Crippen molar-refractivity contribution in [2.75, 3.05) is 19.6 Å². The molecule has 0 radical (unpaired) electrons. The molecule has 0 unspecified atom stereocenters. The Hall–Kier alpha value is -1.55. The van der Waals surface area contributed by atoms with E-state index in [-0.39, 0.29) is 17.9 Å². The van der Waals surface area contributed by atoms with Gasteiger partial charge < -0.3 is 9.80 Å². The number of carbonyl (C=O) groups excluding carboxylic acids is 2. The van der Waals surface area contributed by atoms with Crippen molar-refractivity contribution in [3.8, 4) is 0 Å². The second-order valence-corrected chi connectivity index (χ2v) is 8.55. The maximum atomic E-state index is 13.1. The molecule has 1 aliphatic carbocycles. The van der Waals surface area contributed by atoms with Gasteiger partial charge in [-0.2, -0.15) is 0 Å². The normalized spacial score (nSPS) is 19.1. The van der Waals surface area contributed by atoms with Crippen LogP contribution in [0.4, 0.5) is 0 Å². The van der Waals surface area contributed by atoms with Gasteiger partial charge in [0.15, 0.2) is 0 Å². The number of nitrogens with zero attached hydrogens (tertiary/aromatic N) is 2. The highest BCUT2D eigenvalue weighted by Gasteiger charge is 2.28. The van der Waals surface area contributed by atoms with Crippen LogP contribution in [0.25, 0.3) is 0 Å². The summed E-state index contributed by atoms with van der Waals surface area (Å²) in [4.78, 5) is 29.7. The summed E-state index contributed by atoms with van der Waals surface area (Å²) in [5, 5.41) is 0.630. The van der Waals surface area contributed by atoms with Crippen LogP contribution in [0.15, 0.2) is 24.3 Å². The van der Waals surface area contributed by atoms with Crippen molar-refractivity contribution in [3.05, 3.63) is 34.9 Å². The molecule has 2 amide bonds. The van der Waals surface area contributed by atoms with Gasteiger partial charge in [-0.3, -0.25) is 9.59 Å². The van der Waals surface area contributed by atoms with Crippen LogP contribution >= 0.6 is 11.6 Å². The van der Waals surface area contributed by atoms with E-state index in [0.717, 1.165) is 51.6 Å². The fraction of sp³-hybridized carbons (Fsp3) is 0.636. The fourth-order valence-electron chi connectivity index (χ4n) is 4.23. The number of halogens is 1. The van der Waals surface area contributed by atoms with Crippen molar-refractivity contribution in [3.63, 3.8) is 0 Å². The zero-order valence-corrected chi connectivity index (χ0v) is 17.1. The zero-order chi connectivity index (χ0) is 19.2. The van der Waals surface area contributed by atoms with Crippen LogP contribution in [0, 0.1) is 5.92 Å². The van der Waals surface area contributed by atoms with Crippen molar-refractivity contribution >= 4 is 23.4 Å². The topological polar surface area (TPSA) is 40.6 Å². The van der Waals surface area contributed by atoms with Gasteiger partial charge in [-0.15, -0.1) is 0 Å². The monoisotopic (exact) mass is 390 g/mol. The van der Waals surface area contributed by atoms with Gasteiger partial charge in [0, 0.05) is 42.7 Å². The lowest BCUT2D eigenvalue weighted by molar-refractivity contribution is -0.132.